The normalized spacial score (nSPS) is 15.4. The molecular formula is C35H32N4O2. The molecule has 4 aromatic rings. The first kappa shape index (κ1) is 26.4. The van der Waals surface area contributed by atoms with Crippen LogP contribution in [0.3, 0.4) is 0 Å². The van der Waals surface area contributed by atoms with E-state index in [1.54, 1.807) is 0 Å². The summed E-state index contributed by atoms with van der Waals surface area (Å²) in [6.07, 6.45) is 10.9. The Hall–Kier alpha value is -4.86. The highest BCUT2D eigenvalue weighted by Crippen LogP contribution is 2.33. The minimum absolute atomic E-state index is 0.0520. The second-order valence-electron chi connectivity index (χ2n) is 10.4. The van der Waals surface area contributed by atoms with E-state index in [0.29, 0.717) is 16.8 Å². The molecule has 1 aromatic heterocycles. The first-order chi connectivity index (χ1) is 20.1. The van der Waals surface area contributed by atoms with Crippen molar-refractivity contribution in [2.45, 2.75) is 32.2 Å². The Morgan fingerprint density at radius 3 is 2.56 bits per heavy atom. The minimum atomic E-state index is -0.386. The van der Waals surface area contributed by atoms with Crippen LogP contribution in [0.25, 0.3) is 10.9 Å². The Morgan fingerprint density at radius 2 is 1.80 bits per heavy atom. The van der Waals surface area contributed by atoms with E-state index in [1.165, 1.54) is 31.5 Å². The maximum Gasteiger partial charge on any atom is 0.300 e. The SMILES string of the molecule is O=C(C#Cc1ccc2c(C(=Nc3ccc(CN4CCCC4)cc3)C3=CCCC=C3)c(O)[nH]c2c1)Nc1ccccc1. The maximum absolute atomic E-state index is 12.3. The van der Waals surface area contributed by atoms with Gasteiger partial charge in [0.2, 0.25) is 0 Å². The molecule has 1 aliphatic heterocycles. The molecule has 41 heavy (non-hydrogen) atoms. The molecule has 1 aliphatic carbocycles. The summed E-state index contributed by atoms with van der Waals surface area (Å²) in [4.78, 5) is 22.9. The van der Waals surface area contributed by atoms with E-state index in [-0.39, 0.29) is 11.8 Å². The molecule has 2 heterocycles. The van der Waals surface area contributed by atoms with Crippen LogP contribution in [-0.4, -0.2) is 39.7 Å². The van der Waals surface area contributed by atoms with Crippen LogP contribution in [0.1, 0.15) is 42.4 Å². The summed E-state index contributed by atoms with van der Waals surface area (Å²) in [5, 5.41) is 14.7. The van der Waals surface area contributed by atoms with Gasteiger partial charge < -0.3 is 15.4 Å². The zero-order valence-electron chi connectivity index (χ0n) is 22.9. The van der Waals surface area contributed by atoms with E-state index in [1.807, 2.05) is 48.5 Å². The summed E-state index contributed by atoms with van der Waals surface area (Å²) in [5.41, 5.74) is 6.56. The first-order valence-electron chi connectivity index (χ1n) is 14.1. The molecule has 6 nitrogen and oxygen atoms in total. The summed E-state index contributed by atoms with van der Waals surface area (Å²) < 4.78 is 0. The van der Waals surface area contributed by atoms with Crippen molar-refractivity contribution in [3.05, 3.63) is 113 Å². The molecule has 6 heteroatoms. The molecule has 6 rings (SSSR count). The number of aromatic amines is 1. The molecule has 3 aromatic carbocycles. The van der Waals surface area contributed by atoms with Gasteiger partial charge in [-0.1, -0.05) is 60.5 Å². The lowest BCUT2D eigenvalue weighted by atomic mass is 9.96. The number of hydrogen-bond donors (Lipinski definition) is 3. The van der Waals surface area contributed by atoms with Crippen LogP contribution in [0.2, 0.25) is 0 Å². The van der Waals surface area contributed by atoms with Crippen molar-refractivity contribution in [1.82, 2.24) is 9.88 Å². The van der Waals surface area contributed by atoms with Gasteiger partial charge in [0.05, 0.1) is 22.5 Å². The number of para-hydroxylation sites is 1. The summed E-state index contributed by atoms with van der Waals surface area (Å²) in [6, 6.07) is 23.2. The number of aromatic nitrogens is 1. The van der Waals surface area contributed by atoms with Crippen molar-refractivity contribution in [3.8, 4) is 17.7 Å². The second-order valence-corrected chi connectivity index (χ2v) is 10.4. The highest BCUT2D eigenvalue weighted by molar-refractivity contribution is 6.23. The Labute approximate surface area is 240 Å². The topological polar surface area (TPSA) is 80.7 Å². The summed E-state index contributed by atoms with van der Waals surface area (Å²) >= 11 is 0. The third-order valence-electron chi connectivity index (χ3n) is 7.42. The Bertz CT molecular complexity index is 1710. The molecule has 2 aliphatic rings. The van der Waals surface area contributed by atoms with Crippen molar-refractivity contribution >= 4 is 33.9 Å². The zero-order chi connectivity index (χ0) is 28.0. The number of benzene rings is 3. The van der Waals surface area contributed by atoms with Gasteiger partial charge in [-0.05, 0) is 86.3 Å². The van der Waals surface area contributed by atoms with Crippen molar-refractivity contribution in [3.63, 3.8) is 0 Å². The molecule has 3 N–H and O–H groups in total. The Balaban J connectivity index is 1.30. The fourth-order valence-electron chi connectivity index (χ4n) is 5.37. The number of hydrogen-bond acceptors (Lipinski definition) is 4. The van der Waals surface area contributed by atoms with Gasteiger partial charge in [0.15, 0.2) is 5.88 Å². The lowest BCUT2D eigenvalue weighted by Gasteiger charge is -2.15. The highest BCUT2D eigenvalue weighted by Gasteiger charge is 2.20. The lowest BCUT2D eigenvalue weighted by molar-refractivity contribution is -0.111. The van der Waals surface area contributed by atoms with Gasteiger partial charge in [0.1, 0.15) is 0 Å². The number of likely N-dealkylation sites (tertiary alicyclic amines) is 1. The molecule has 204 valence electrons. The highest BCUT2D eigenvalue weighted by atomic mass is 16.3. The number of aromatic hydroxyl groups is 1. The number of anilines is 1. The zero-order valence-corrected chi connectivity index (χ0v) is 22.9. The van der Waals surface area contributed by atoms with Crippen molar-refractivity contribution in [2.75, 3.05) is 18.4 Å². The fraction of sp³-hybridized carbons (Fsp3) is 0.200. The molecule has 0 radical (unpaired) electrons. The summed E-state index contributed by atoms with van der Waals surface area (Å²) in [6.45, 7) is 3.30. The molecule has 1 saturated heterocycles. The van der Waals surface area contributed by atoms with Gasteiger partial charge in [-0.3, -0.25) is 9.69 Å². The van der Waals surface area contributed by atoms with E-state index in [0.717, 1.165) is 47.3 Å². The van der Waals surface area contributed by atoms with E-state index in [9.17, 15) is 9.90 Å². The molecule has 1 amide bonds. The summed E-state index contributed by atoms with van der Waals surface area (Å²) in [5.74, 6) is 5.24. The fourth-order valence-corrected chi connectivity index (χ4v) is 5.37. The largest absolute Gasteiger partial charge is 0.494 e. The number of fused-ring (bicyclic) bond motifs is 1. The standard InChI is InChI=1S/C35H32N4O2/c40-32(36-28-11-5-2-6-12-28)20-16-25-15-19-30-31(23-25)38-35(41)33(30)34(27-9-3-1-4-10-27)37-29-17-13-26(14-18-29)24-39-21-7-8-22-39/h2-3,5-6,9-15,17-19,23,38,41H,1,4,7-8,21-22,24H2,(H,36,40). The van der Waals surface area contributed by atoms with Gasteiger partial charge in [-0.2, -0.15) is 0 Å². The number of rotatable bonds is 6. The van der Waals surface area contributed by atoms with Crippen LogP contribution in [-0.2, 0) is 11.3 Å². The molecule has 0 unspecified atom stereocenters. The first-order valence-corrected chi connectivity index (χ1v) is 14.1. The number of amides is 1. The van der Waals surface area contributed by atoms with Gasteiger partial charge in [-0.15, -0.1) is 0 Å². The molecule has 0 atom stereocenters. The monoisotopic (exact) mass is 540 g/mol. The number of nitrogens with one attached hydrogen (secondary N) is 2. The van der Waals surface area contributed by atoms with Crippen LogP contribution in [0, 0.1) is 11.8 Å². The third kappa shape index (κ3) is 6.32. The van der Waals surface area contributed by atoms with E-state index in [4.69, 9.17) is 4.99 Å². The van der Waals surface area contributed by atoms with Crippen LogP contribution >= 0.6 is 0 Å². The average molecular weight is 541 g/mol. The minimum Gasteiger partial charge on any atom is -0.494 e. The predicted octanol–water partition coefficient (Wildman–Crippen LogP) is 6.86. The number of carbonyl (C=O) groups excluding carboxylic acids is 1. The van der Waals surface area contributed by atoms with E-state index < -0.39 is 0 Å². The van der Waals surface area contributed by atoms with Crippen molar-refractivity contribution in [1.29, 1.82) is 0 Å². The number of carbonyl (C=O) groups is 1. The van der Waals surface area contributed by atoms with Crippen molar-refractivity contribution < 1.29 is 9.90 Å². The number of aliphatic imine (C=N–C) groups is 1. The molecular weight excluding hydrogens is 508 g/mol. The quantitative estimate of drug-likeness (QED) is 0.185. The molecule has 0 spiro atoms. The van der Waals surface area contributed by atoms with E-state index >= 15 is 0 Å². The number of allylic oxidation sites excluding steroid dienone is 4. The van der Waals surface area contributed by atoms with Crippen molar-refractivity contribution in [2.24, 2.45) is 4.99 Å². The van der Waals surface area contributed by atoms with Crippen LogP contribution < -0.4 is 5.32 Å². The predicted molar refractivity (Wildman–Crippen MR) is 166 cm³/mol. The van der Waals surface area contributed by atoms with Crippen LogP contribution in [0.4, 0.5) is 11.4 Å². The Kier molecular flexibility index (Phi) is 7.79. The Morgan fingerprint density at radius 1 is 1.00 bits per heavy atom. The van der Waals surface area contributed by atoms with Gasteiger partial charge >= 0.3 is 5.91 Å². The van der Waals surface area contributed by atoms with Gasteiger partial charge in [-0.25, -0.2) is 4.99 Å². The number of H-pyrrole nitrogens is 1. The van der Waals surface area contributed by atoms with Gasteiger partial charge in [0.25, 0.3) is 0 Å². The maximum atomic E-state index is 12.3. The molecule has 0 bridgehead atoms. The van der Waals surface area contributed by atoms with Gasteiger partial charge in [0, 0.05) is 29.1 Å². The lowest BCUT2D eigenvalue weighted by Crippen LogP contribution is -2.18. The molecule has 0 saturated carbocycles. The van der Waals surface area contributed by atoms with E-state index in [2.05, 4.69) is 69.5 Å². The second kappa shape index (κ2) is 12.1. The van der Waals surface area contributed by atoms with Crippen LogP contribution in [0.15, 0.2) is 102 Å². The number of nitrogens with zero attached hydrogens (tertiary/aromatic N) is 2. The summed E-state index contributed by atoms with van der Waals surface area (Å²) in [7, 11) is 0. The average Bonchev–Trinajstić information content (AvgIpc) is 3.63. The smallest absolute Gasteiger partial charge is 0.300 e. The molecule has 1 fully saturated rings. The van der Waals surface area contributed by atoms with Crippen LogP contribution in [0.5, 0.6) is 5.88 Å². The third-order valence-corrected chi connectivity index (χ3v) is 7.42.